The summed E-state index contributed by atoms with van der Waals surface area (Å²) >= 11 is 0. The number of amides is 2. The van der Waals surface area contributed by atoms with E-state index >= 15 is 0 Å². The van der Waals surface area contributed by atoms with Crippen LogP contribution in [0.15, 0.2) is 36.4 Å². The smallest absolute Gasteiger partial charge is 0.324 e. The number of carbonyl (C=O) groups is 3. The van der Waals surface area contributed by atoms with E-state index in [2.05, 4.69) is 0 Å². The van der Waals surface area contributed by atoms with Crippen LogP contribution in [-0.2, 0) is 17.7 Å². The van der Waals surface area contributed by atoms with Gasteiger partial charge in [0, 0.05) is 0 Å². The largest absolute Gasteiger partial charge is 0.364 e. The normalized spacial score (nSPS) is 15.5. The Labute approximate surface area is 138 Å². The zero-order valence-corrected chi connectivity index (χ0v) is 13.2. The summed E-state index contributed by atoms with van der Waals surface area (Å²) in [5.41, 5.74) is 4.24. The Morgan fingerprint density at radius 2 is 1.58 bits per heavy atom. The maximum absolute atomic E-state index is 12.5. The van der Waals surface area contributed by atoms with Crippen molar-refractivity contribution in [2.75, 3.05) is 0 Å². The van der Waals surface area contributed by atoms with Crippen LogP contribution in [0.25, 0.3) is 0 Å². The molecule has 0 saturated heterocycles. The van der Waals surface area contributed by atoms with Crippen LogP contribution in [-0.4, -0.2) is 22.8 Å². The van der Waals surface area contributed by atoms with Crippen LogP contribution in [0.5, 0.6) is 0 Å². The van der Waals surface area contributed by atoms with E-state index in [1.165, 1.54) is 5.56 Å². The molecule has 0 N–H and O–H groups in total. The molecule has 2 aromatic carbocycles. The number of hydrogen-bond donors (Lipinski definition) is 0. The molecule has 1 heterocycles. The van der Waals surface area contributed by atoms with Crippen molar-refractivity contribution in [3.63, 3.8) is 0 Å². The Morgan fingerprint density at radius 1 is 0.958 bits per heavy atom. The van der Waals surface area contributed by atoms with Crippen molar-refractivity contribution in [2.24, 2.45) is 0 Å². The first kappa shape index (κ1) is 14.6. The summed E-state index contributed by atoms with van der Waals surface area (Å²) in [4.78, 5) is 42.3. The predicted octanol–water partition coefficient (Wildman–Crippen LogP) is 2.85. The fourth-order valence-electron chi connectivity index (χ4n) is 3.46. The lowest BCUT2D eigenvalue weighted by molar-refractivity contribution is -0.0585. The van der Waals surface area contributed by atoms with Gasteiger partial charge in [-0.25, -0.2) is 4.79 Å². The van der Waals surface area contributed by atoms with Gasteiger partial charge in [0.1, 0.15) is 0 Å². The quantitative estimate of drug-likeness (QED) is 0.798. The van der Waals surface area contributed by atoms with Gasteiger partial charge < -0.3 is 4.84 Å². The summed E-state index contributed by atoms with van der Waals surface area (Å²) in [6.07, 6.45) is 2.74. The topological polar surface area (TPSA) is 63.7 Å². The van der Waals surface area contributed by atoms with Crippen molar-refractivity contribution in [3.8, 4) is 0 Å². The molecule has 120 valence electrons. The van der Waals surface area contributed by atoms with E-state index < -0.39 is 17.8 Å². The van der Waals surface area contributed by atoms with Gasteiger partial charge in [-0.2, -0.15) is 0 Å². The standard InChI is InChI=1S/C19H15NO4/c1-11-9-10-16(13-8-4-7-12(11)13)19(23)24-20-17(21)14-5-2-3-6-15(14)18(20)22/h2-3,5-6,9-10H,4,7-8H2,1H3. The van der Waals surface area contributed by atoms with Gasteiger partial charge in [0.05, 0.1) is 16.7 Å². The van der Waals surface area contributed by atoms with E-state index in [4.69, 9.17) is 4.84 Å². The molecule has 0 atom stereocenters. The van der Waals surface area contributed by atoms with Gasteiger partial charge in [0.15, 0.2) is 0 Å². The highest BCUT2D eigenvalue weighted by molar-refractivity contribution is 6.21. The van der Waals surface area contributed by atoms with Crippen LogP contribution in [0.2, 0.25) is 0 Å². The minimum Gasteiger partial charge on any atom is -0.324 e. The van der Waals surface area contributed by atoms with Crippen LogP contribution in [0, 0.1) is 6.92 Å². The van der Waals surface area contributed by atoms with Crippen molar-refractivity contribution in [1.82, 2.24) is 5.06 Å². The molecule has 4 rings (SSSR count). The second kappa shape index (κ2) is 5.30. The molecule has 2 aliphatic rings. The zero-order chi connectivity index (χ0) is 16.8. The maximum Gasteiger partial charge on any atom is 0.364 e. The highest BCUT2D eigenvalue weighted by Crippen LogP contribution is 2.30. The molecular weight excluding hydrogens is 306 g/mol. The minimum atomic E-state index is -0.664. The molecule has 0 radical (unpaired) electrons. The van der Waals surface area contributed by atoms with Crippen LogP contribution >= 0.6 is 0 Å². The average molecular weight is 321 g/mol. The molecule has 2 amide bonds. The molecule has 5 heteroatoms. The Morgan fingerprint density at radius 3 is 2.25 bits per heavy atom. The van der Waals surface area contributed by atoms with E-state index in [9.17, 15) is 14.4 Å². The zero-order valence-electron chi connectivity index (χ0n) is 13.2. The van der Waals surface area contributed by atoms with Crippen molar-refractivity contribution in [2.45, 2.75) is 26.2 Å². The number of hydroxylamine groups is 2. The van der Waals surface area contributed by atoms with E-state index in [1.54, 1.807) is 30.3 Å². The summed E-state index contributed by atoms with van der Waals surface area (Å²) in [6.45, 7) is 2.02. The van der Waals surface area contributed by atoms with E-state index in [0.717, 1.165) is 30.4 Å². The van der Waals surface area contributed by atoms with Gasteiger partial charge in [-0.1, -0.05) is 23.3 Å². The Hall–Kier alpha value is -2.95. The summed E-state index contributed by atoms with van der Waals surface area (Å²) < 4.78 is 0. The first-order valence-corrected chi connectivity index (χ1v) is 7.89. The molecule has 2 aromatic rings. The van der Waals surface area contributed by atoms with Crippen molar-refractivity contribution < 1.29 is 19.2 Å². The highest BCUT2D eigenvalue weighted by atomic mass is 16.7. The van der Waals surface area contributed by atoms with Crippen molar-refractivity contribution in [3.05, 3.63) is 69.8 Å². The summed E-state index contributed by atoms with van der Waals surface area (Å²) in [5, 5.41) is 0.564. The number of fused-ring (bicyclic) bond motifs is 2. The molecule has 24 heavy (non-hydrogen) atoms. The summed E-state index contributed by atoms with van der Waals surface area (Å²) in [7, 11) is 0. The first-order chi connectivity index (χ1) is 11.6. The molecule has 0 bridgehead atoms. The van der Waals surface area contributed by atoms with E-state index in [1.807, 2.05) is 13.0 Å². The van der Waals surface area contributed by atoms with Gasteiger partial charge >= 0.3 is 5.97 Å². The first-order valence-electron chi connectivity index (χ1n) is 7.89. The lowest BCUT2D eigenvalue weighted by atomic mass is 9.99. The number of hydrogen-bond acceptors (Lipinski definition) is 4. The molecule has 0 spiro atoms. The van der Waals surface area contributed by atoms with Crippen molar-refractivity contribution >= 4 is 17.8 Å². The molecule has 0 aromatic heterocycles. The van der Waals surface area contributed by atoms with Crippen LogP contribution in [0.4, 0.5) is 0 Å². The summed E-state index contributed by atoms with van der Waals surface area (Å²) in [5.74, 6) is -1.87. The second-order valence-corrected chi connectivity index (χ2v) is 6.07. The lowest BCUT2D eigenvalue weighted by Gasteiger charge is -2.15. The third-order valence-electron chi connectivity index (χ3n) is 4.67. The number of carbonyl (C=O) groups excluding carboxylic acids is 3. The van der Waals surface area contributed by atoms with Gasteiger partial charge in [0.25, 0.3) is 11.8 Å². The molecule has 1 aliphatic carbocycles. The number of aryl methyl sites for hydroxylation is 1. The fourth-order valence-corrected chi connectivity index (χ4v) is 3.46. The van der Waals surface area contributed by atoms with E-state index in [-0.39, 0.29) is 11.1 Å². The van der Waals surface area contributed by atoms with Crippen LogP contribution < -0.4 is 0 Å². The van der Waals surface area contributed by atoms with Crippen LogP contribution in [0.1, 0.15) is 54.2 Å². The fraction of sp³-hybridized carbons (Fsp3) is 0.211. The maximum atomic E-state index is 12.5. The Balaban J connectivity index is 1.64. The lowest BCUT2D eigenvalue weighted by Crippen LogP contribution is -2.33. The monoisotopic (exact) mass is 321 g/mol. The molecule has 5 nitrogen and oxygen atoms in total. The SMILES string of the molecule is Cc1ccc(C(=O)ON2C(=O)c3ccccc3C2=O)c2c1CCC2. The van der Waals surface area contributed by atoms with Gasteiger partial charge in [0.2, 0.25) is 0 Å². The second-order valence-electron chi connectivity index (χ2n) is 6.07. The third-order valence-corrected chi connectivity index (χ3v) is 4.67. The predicted molar refractivity (Wildman–Crippen MR) is 85.6 cm³/mol. The number of benzene rings is 2. The van der Waals surface area contributed by atoms with Gasteiger partial charge in [-0.3, -0.25) is 9.59 Å². The highest BCUT2D eigenvalue weighted by Gasteiger charge is 2.39. The molecule has 0 saturated carbocycles. The summed E-state index contributed by atoms with van der Waals surface area (Å²) in [6, 6.07) is 10.0. The van der Waals surface area contributed by atoms with Crippen LogP contribution in [0.3, 0.4) is 0 Å². The average Bonchev–Trinajstić information content (AvgIpc) is 3.16. The van der Waals surface area contributed by atoms with Gasteiger partial charge in [-0.15, -0.1) is 0 Å². The Bertz CT molecular complexity index is 865. The van der Waals surface area contributed by atoms with Crippen molar-refractivity contribution in [1.29, 1.82) is 0 Å². The molecular formula is C19H15NO4. The molecule has 0 fully saturated rings. The minimum absolute atomic E-state index is 0.254. The number of rotatable bonds is 2. The third kappa shape index (κ3) is 2.05. The molecule has 0 unspecified atom stereocenters. The van der Waals surface area contributed by atoms with E-state index in [0.29, 0.717) is 10.6 Å². The number of nitrogens with zero attached hydrogens (tertiary/aromatic N) is 1. The number of imide groups is 1. The van der Waals surface area contributed by atoms with Gasteiger partial charge in [-0.05, 0) is 61.1 Å². The Kier molecular flexibility index (Phi) is 3.23. The molecule has 1 aliphatic heterocycles.